The number of hydrogen-bond donors (Lipinski definition) is 1. The lowest BCUT2D eigenvalue weighted by Crippen LogP contribution is -2.16. The lowest BCUT2D eigenvalue weighted by atomic mass is 9.87. The molecule has 0 amide bonds. The van der Waals surface area contributed by atoms with E-state index in [9.17, 15) is 4.39 Å². The second-order valence-electron chi connectivity index (χ2n) is 5.87. The van der Waals surface area contributed by atoms with Gasteiger partial charge in [0.25, 0.3) is 0 Å². The minimum atomic E-state index is -0.221. The van der Waals surface area contributed by atoms with Crippen LogP contribution in [-0.4, -0.2) is 9.78 Å². The third-order valence-electron chi connectivity index (χ3n) is 3.97. The summed E-state index contributed by atoms with van der Waals surface area (Å²) < 4.78 is 14.7. The van der Waals surface area contributed by atoms with Gasteiger partial charge in [0.1, 0.15) is 11.6 Å². The van der Waals surface area contributed by atoms with Crippen molar-refractivity contribution in [3.8, 4) is 0 Å². The number of nitrogens with zero attached hydrogens (tertiary/aromatic N) is 2. The van der Waals surface area contributed by atoms with Crippen LogP contribution in [0.15, 0.2) is 24.3 Å². The van der Waals surface area contributed by atoms with Gasteiger partial charge >= 0.3 is 0 Å². The number of aryl methyl sites for hydroxylation is 1. The first kappa shape index (κ1) is 12.2. The number of aromatic nitrogens is 2. The van der Waals surface area contributed by atoms with Gasteiger partial charge in [-0.2, -0.15) is 5.10 Å². The number of anilines is 1. The molecule has 0 radical (unpaired) electrons. The lowest BCUT2D eigenvalue weighted by molar-refractivity contribution is 0.515. The Morgan fingerprint density at radius 1 is 1.32 bits per heavy atom. The van der Waals surface area contributed by atoms with E-state index in [2.05, 4.69) is 18.9 Å². The van der Waals surface area contributed by atoms with Crippen LogP contribution in [0.25, 0.3) is 0 Å². The fourth-order valence-electron chi connectivity index (χ4n) is 2.88. The Bertz CT molecular complexity index is 611. The molecular weight excluding hydrogens is 241 g/mol. The Morgan fingerprint density at radius 3 is 2.63 bits per heavy atom. The van der Waals surface area contributed by atoms with Gasteiger partial charge in [0.05, 0.1) is 12.2 Å². The highest BCUT2D eigenvalue weighted by atomic mass is 19.1. The van der Waals surface area contributed by atoms with Gasteiger partial charge in [0, 0.05) is 5.56 Å². The van der Waals surface area contributed by atoms with E-state index in [-0.39, 0.29) is 11.2 Å². The quantitative estimate of drug-likeness (QED) is 0.901. The molecule has 3 nitrogen and oxygen atoms in total. The number of nitrogen functional groups attached to an aromatic ring is 1. The minimum Gasteiger partial charge on any atom is -0.384 e. The van der Waals surface area contributed by atoms with Crippen molar-refractivity contribution in [1.82, 2.24) is 9.78 Å². The first-order chi connectivity index (χ1) is 8.97. The van der Waals surface area contributed by atoms with Crippen LogP contribution < -0.4 is 5.73 Å². The second kappa shape index (κ2) is 4.08. The predicted octanol–water partition coefficient (Wildman–Crippen LogP) is 2.88. The molecule has 0 fully saturated rings. The van der Waals surface area contributed by atoms with E-state index >= 15 is 0 Å². The van der Waals surface area contributed by atoms with Crippen LogP contribution in [0.3, 0.4) is 0 Å². The summed E-state index contributed by atoms with van der Waals surface area (Å²) >= 11 is 0. The molecule has 0 aliphatic heterocycles. The molecule has 2 aromatic rings. The smallest absolute Gasteiger partial charge is 0.126 e. The maximum absolute atomic E-state index is 12.9. The highest BCUT2D eigenvalue weighted by Gasteiger charge is 2.35. The van der Waals surface area contributed by atoms with E-state index in [1.807, 2.05) is 4.68 Å². The van der Waals surface area contributed by atoms with Crippen LogP contribution >= 0.6 is 0 Å². The normalized spacial score (nSPS) is 16.6. The van der Waals surface area contributed by atoms with E-state index in [4.69, 9.17) is 5.73 Å². The third kappa shape index (κ3) is 2.01. The number of nitrogens with two attached hydrogens (primary N) is 1. The number of fused-ring (bicyclic) bond motifs is 1. The van der Waals surface area contributed by atoms with Crippen molar-refractivity contribution < 1.29 is 4.39 Å². The summed E-state index contributed by atoms with van der Waals surface area (Å²) in [5, 5.41) is 4.60. The lowest BCUT2D eigenvalue weighted by Gasteiger charge is -2.18. The molecule has 0 saturated heterocycles. The van der Waals surface area contributed by atoms with Gasteiger partial charge < -0.3 is 5.73 Å². The maximum Gasteiger partial charge on any atom is 0.126 e. The fourth-order valence-corrected chi connectivity index (χ4v) is 2.88. The van der Waals surface area contributed by atoms with Crippen molar-refractivity contribution >= 4 is 5.82 Å². The van der Waals surface area contributed by atoms with E-state index in [1.165, 1.54) is 17.7 Å². The molecule has 1 aromatic carbocycles. The van der Waals surface area contributed by atoms with Crippen molar-refractivity contribution in [1.29, 1.82) is 0 Å². The molecule has 0 unspecified atom stereocenters. The number of halogens is 1. The molecule has 19 heavy (non-hydrogen) atoms. The molecule has 0 saturated carbocycles. The maximum atomic E-state index is 12.9. The van der Waals surface area contributed by atoms with Gasteiger partial charge in [-0.05, 0) is 36.0 Å². The summed E-state index contributed by atoms with van der Waals surface area (Å²) in [6.07, 6.45) is 2.09. The highest BCUT2D eigenvalue weighted by Crippen LogP contribution is 2.41. The molecule has 0 spiro atoms. The Labute approximate surface area is 112 Å². The van der Waals surface area contributed by atoms with E-state index in [1.54, 1.807) is 12.1 Å². The molecule has 0 bridgehead atoms. The standard InChI is InChI=1S/C15H18FN3/c1-15(2)8-7-12-13(15)14(17)19(18-12)9-10-3-5-11(16)6-4-10/h3-6H,7-9,17H2,1-2H3. The molecular formula is C15H18FN3. The summed E-state index contributed by atoms with van der Waals surface area (Å²) in [6.45, 7) is 5.01. The first-order valence-corrected chi connectivity index (χ1v) is 6.57. The van der Waals surface area contributed by atoms with Crippen molar-refractivity contribution in [3.05, 3.63) is 46.9 Å². The summed E-state index contributed by atoms with van der Waals surface area (Å²) in [5.74, 6) is 0.530. The first-order valence-electron chi connectivity index (χ1n) is 6.57. The van der Waals surface area contributed by atoms with Gasteiger partial charge in [0.15, 0.2) is 0 Å². The minimum absolute atomic E-state index is 0.112. The van der Waals surface area contributed by atoms with Crippen LogP contribution in [-0.2, 0) is 18.4 Å². The Hall–Kier alpha value is -1.84. The average molecular weight is 259 g/mol. The van der Waals surface area contributed by atoms with Crippen LogP contribution in [0, 0.1) is 5.82 Å². The summed E-state index contributed by atoms with van der Waals surface area (Å²) in [5.41, 5.74) is 9.66. The molecule has 0 atom stereocenters. The van der Waals surface area contributed by atoms with E-state index in [0.29, 0.717) is 6.54 Å². The van der Waals surface area contributed by atoms with E-state index < -0.39 is 0 Å². The second-order valence-corrected chi connectivity index (χ2v) is 5.87. The van der Waals surface area contributed by atoms with Gasteiger partial charge in [-0.15, -0.1) is 0 Å². The van der Waals surface area contributed by atoms with Gasteiger partial charge in [-0.1, -0.05) is 26.0 Å². The number of benzene rings is 1. The van der Waals surface area contributed by atoms with Crippen LogP contribution in [0.2, 0.25) is 0 Å². The largest absolute Gasteiger partial charge is 0.384 e. The van der Waals surface area contributed by atoms with Crippen molar-refractivity contribution in [2.24, 2.45) is 0 Å². The number of rotatable bonds is 2. The summed E-state index contributed by atoms with van der Waals surface area (Å²) in [6, 6.07) is 6.47. The van der Waals surface area contributed by atoms with Gasteiger partial charge in [-0.3, -0.25) is 0 Å². The highest BCUT2D eigenvalue weighted by molar-refractivity contribution is 5.51. The van der Waals surface area contributed by atoms with Crippen LogP contribution in [0.5, 0.6) is 0 Å². The zero-order valence-electron chi connectivity index (χ0n) is 11.3. The monoisotopic (exact) mass is 259 g/mol. The van der Waals surface area contributed by atoms with Crippen molar-refractivity contribution in [3.63, 3.8) is 0 Å². The van der Waals surface area contributed by atoms with E-state index in [0.717, 1.165) is 29.9 Å². The molecule has 100 valence electrons. The average Bonchev–Trinajstić information content (AvgIpc) is 2.82. The van der Waals surface area contributed by atoms with Gasteiger partial charge in [-0.25, -0.2) is 9.07 Å². The molecule has 1 aromatic heterocycles. The molecule has 2 N–H and O–H groups in total. The third-order valence-corrected chi connectivity index (χ3v) is 3.97. The molecule has 4 heteroatoms. The summed E-state index contributed by atoms with van der Waals surface area (Å²) in [4.78, 5) is 0. The SMILES string of the molecule is CC1(C)CCc2nn(Cc3ccc(F)cc3)c(N)c21. The zero-order valence-corrected chi connectivity index (χ0v) is 11.3. The topological polar surface area (TPSA) is 43.8 Å². The fraction of sp³-hybridized carbons (Fsp3) is 0.400. The Kier molecular flexibility index (Phi) is 2.62. The Morgan fingerprint density at radius 2 is 2.00 bits per heavy atom. The number of hydrogen-bond acceptors (Lipinski definition) is 2. The Balaban J connectivity index is 1.93. The van der Waals surface area contributed by atoms with Crippen molar-refractivity contribution in [2.75, 3.05) is 5.73 Å². The van der Waals surface area contributed by atoms with Crippen molar-refractivity contribution in [2.45, 2.75) is 38.6 Å². The molecule has 1 aliphatic carbocycles. The molecule has 3 rings (SSSR count). The van der Waals surface area contributed by atoms with Crippen LogP contribution in [0.4, 0.5) is 10.2 Å². The van der Waals surface area contributed by atoms with Crippen LogP contribution in [0.1, 0.15) is 37.1 Å². The van der Waals surface area contributed by atoms with Gasteiger partial charge in [0.2, 0.25) is 0 Å². The summed E-state index contributed by atoms with van der Waals surface area (Å²) in [7, 11) is 0. The zero-order chi connectivity index (χ0) is 13.6. The predicted molar refractivity (Wildman–Crippen MR) is 73.5 cm³/mol. The molecule has 1 heterocycles. The molecule has 1 aliphatic rings.